The van der Waals surface area contributed by atoms with Crippen LogP contribution in [0.3, 0.4) is 0 Å². The van der Waals surface area contributed by atoms with Crippen molar-refractivity contribution in [1.29, 1.82) is 0 Å². The molecule has 0 aliphatic heterocycles. The summed E-state index contributed by atoms with van der Waals surface area (Å²) < 4.78 is 15.7. The van der Waals surface area contributed by atoms with Crippen LogP contribution >= 0.6 is 0 Å². The van der Waals surface area contributed by atoms with E-state index in [1.54, 1.807) is 18.3 Å². The van der Waals surface area contributed by atoms with Crippen molar-refractivity contribution < 1.29 is 4.39 Å². The predicted octanol–water partition coefficient (Wildman–Crippen LogP) is 7.57. The van der Waals surface area contributed by atoms with Gasteiger partial charge in [-0.3, -0.25) is 0 Å². The molecule has 4 rings (SSSR count). The lowest BCUT2D eigenvalue weighted by Crippen LogP contribution is -2.27. The SMILES string of the molecule is C=C(/N=C\C=C(/C)c1c(-c2ccc(F)c(N)c2)nn(/C=C\CC)c1C)Nc1ccc2c(c1)CC(N(C)C)C2.CC. The number of aromatic nitrogens is 2. The van der Waals surface area contributed by atoms with Gasteiger partial charge in [0, 0.05) is 41.0 Å². The first-order valence-corrected chi connectivity index (χ1v) is 13.9. The van der Waals surface area contributed by atoms with Crippen LogP contribution in [0.2, 0.25) is 0 Å². The Bertz CT molecular complexity index is 1430. The van der Waals surface area contributed by atoms with Gasteiger partial charge in [0.2, 0.25) is 0 Å². The molecule has 1 aliphatic carbocycles. The van der Waals surface area contributed by atoms with Gasteiger partial charge in [0.05, 0.1) is 5.69 Å². The molecule has 212 valence electrons. The molecule has 3 aromatic rings. The van der Waals surface area contributed by atoms with Crippen LogP contribution in [-0.4, -0.2) is 41.0 Å². The first-order chi connectivity index (χ1) is 19.2. The van der Waals surface area contributed by atoms with Crippen molar-refractivity contribution in [1.82, 2.24) is 14.7 Å². The Labute approximate surface area is 238 Å². The Morgan fingerprint density at radius 3 is 2.60 bits per heavy atom. The van der Waals surface area contributed by atoms with E-state index in [0.29, 0.717) is 11.9 Å². The molecule has 1 unspecified atom stereocenters. The maximum absolute atomic E-state index is 13.8. The molecule has 1 atom stereocenters. The van der Waals surface area contributed by atoms with Crippen LogP contribution in [0.25, 0.3) is 23.0 Å². The Hall–Kier alpha value is -3.97. The summed E-state index contributed by atoms with van der Waals surface area (Å²) in [7, 11) is 4.27. The van der Waals surface area contributed by atoms with Crippen molar-refractivity contribution >= 4 is 29.4 Å². The molecule has 7 heteroatoms. The van der Waals surface area contributed by atoms with E-state index in [9.17, 15) is 4.39 Å². The molecule has 0 radical (unpaired) electrons. The first-order valence-electron chi connectivity index (χ1n) is 13.9. The molecule has 1 aromatic heterocycles. The van der Waals surface area contributed by atoms with Gasteiger partial charge in [-0.15, -0.1) is 0 Å². The Morgan fingerprint density at radius 1 is 1.20 bits per heavy atom. The molecule has 0 saturated carbocycles. The monoisotopic (exact) mass is 542 g/mol. The summed E-state index contributed by atoms with van der Waals surface area (Å²) in [5.74, 6) is 0.115. The van der Waals surface area contributed by atoms with Crippen molar-refractivity contribution in [3.05, 3.63) is 89.2 Å². The summed E-state index contributed by atoms with van der Waals surface area (Å²) in [6, 6.07) is 11.7. The lowest BCUT2D eigenvalue weighted by atomic mass is 9.99. The zero-order valence-corrected chi connectivity index (χ0v) is 24.9. The van der Waals surface area contributed by atoms with E-state index in [1.165, 1.54) is 17.2 Å². The van der Waals surface area contributed by atoms with Gasteiger partial charge < -0.3 is 16.0 Å². The molecule has 40 heavy (non-hydrogen) atoms. The second kappa shape index (κ2) is 13.9. The van der Waals surface area contributed by atoms with Crippen LogP contribution in [0.15, 0.2) is 65.9 Å². The highest BCUT2D eigenvalue weighted by Gasteiger charge is 2.23. The predicted molar refractivity (Wildman–Crippen MR) is 170 cm³/mol. The fourth-order valence-corrected chi connectivity index (χ4v) is 4.79. The molecular formula is C33H43FN6. The molecule has 3 N–H and O–H groups in total. The minimum Gasteiger partial charge on any atom is -0.396 e. The van der Waals surface area contributed by atoms with Crippen LogP contribution in [-0.2, 0) is 12.8 Å². The van der Waals surface area contributed by atoms with Crippen LogP contribution in [0, 0.1) is 12.7 Å². The number of hydrogen-bond donors (Lipinski definition) is 2. The van der Waals surface area contributed by atoms with Crippen LogP contribution < -0.4 is 11.1 Å². The van der Waals surface area contributed by atoms with E-state index in [-0.39, 0.29) is 5.69 Å². The molecule has 0 fully saturated rings. The summed E-state index contributed by atoms with van der Waals surface area (Å²) >= 11 is 0. The van der Waals surface area contributed by atoms with Gasteiger partial charge in [0.25, 0.3) is 0 Å². The van der Waals surface area contributed by atoms with Crippen molar-refractivity contribution in [2.45, 2.75) is 59.9 Å². The van der Waals surface area contributed by atoms with Gasteiger partial charge in [-0.05, 0) is 100 Å². The summed E-state index contributed by atoms with van der Waals surface area (Å²) in [6.45, 7) is 14.2. The average molecular weight is 543 g/mol. The number of anilines is 2. The number of benzene rings is 2. The molecular weight excluding hydrogens is 499 g/mol. The molecule has 0 bridgehead atoms. The number of aliphatic imine (C=N–C) groups is 1. The van der Waals surface area contributed by atoms with E-state index < -0.39 is 5.82 Å². The van der Waals surface area contributed by atoms with Gasteiger partial charge in [0.15, 0.2) is 0 Å². The number of nitrogens with zero attached hydrogens (tertiary/aromatic N) is 4. The summed E-state index contributed by atoms with van der Waals surface area (Å²) in [5, 5.41) is 8.09. The Morgan fingerprint density at radius 2 is 1.93 bits per heavy atom. The van der Waals surface area contributed by atoms with Gasteiger partial charge >= 0.3 is 0 Å². The van der Waals surface area contributed by atoms with E-state index in [2.05, 4.69) is 61.0 Å². The van der Waals surface area contributed by atoms with Crippen LogP contribution in [0.1, 0.15) is 56.5 Å². The fourth-order valence-electron chi connectivity index (χ4n) is 4.79. The third kappa shape index (κ3) is 7.16. The molecule has 1 heterocycles. The number of hydrogen-bond acceptors (Lipinski definition) is 5. The number of halogens is 1. The molecule has 0 spiro atoms. The zero-order valence-electron chi connectivity index (χ0n) is 24.9. The Balaban J connectivity index is 0.00000216. The maximum Gasteiger partial charge on any atom is 0.146 e. The quantitative estimate of drug-likeness (QED) is 0.216. The highest BCUT2D eigenvalue weighted by molar-refractivity contribution is 5.89. The van der Waals surface area contributed by atoms with Crippen molar-refractivity contribution in [3.8, 4) is 11.3 Å². The average Bonchev–Trinajstić information content (AvgIpc) is 3.51. The maximum atomic E-state index is 13.8. The lowest BCUT2D eigenvalue weighted by molar-refractivity contribution is 0.303. The molecule has 0 amide bonds. The van der Waals surface area contributed by atoms with Crippen LogP contribution in [0.4, 0.5) is 15.8 Å². The van der Waals surface area contributed by atoms with Crippen LogP contribution in [0.5, 0.6) is 0 Å². The Kier molecular flexibility index (Phi) is 10.6. The second-order valence-corrected chi connectivity index (χ2v) is 9.99. The number of allylic oxidation sites excluding steroid dienone is 3. The molecule has 2 aromatic carbocycles. The minimum absolute atomic E-state index is 0.0964. The van der Waals surface area contributed by atoms with E-state index >= 15 is 0 Å². The number of nitrogens with two attached hydrogens (primary N) is 1. The smallest absolute Gasteiger partial charge is 0.146 e. The van der Waals surface area contributed by atoms with Gasteiger partial charge in [-0.2, -0.15) is 5.10 Å². The molecule has 0 saturated heterocycles. The topological polar surface area (TPSA) is 71.5 Å². The minimum atomic E-state index is -0.441. The van der Waals surface area contributed by atoms with E-state index in [0.717, 1.165) is 53.0 Å². The lowest BCUT2D eigenvalue weighted by Gasteiger charge is -2.17. The van der Waals surface area contributed by atoms with Crippen molar-refractivity contribution in [3.63, 3.8) is 0 Å². The fraction of sp³-hybridized carbons (Fsp3) is 0.333. The highest BCUT2D eigenvalue weighted by Crippen LogP contribution is 2.33. The normalized spacial score (nSPS) is 15.0. The first kappa shape index (κ1) is 30.6. The summed E-state index contributed by atoms with van der Waals surface area (Å²) in [4.78, 5) is 6.79. The number of rotatable bonds is 9. The summed E-state index contributed by atoms with van der Waals surface area (Å²) in [5.41, 5.74) is 14.1. The van der Waals surface area contributed by atoms with Crippen molar-refractivity contribution in [2.24, 2.45) is 4.99 Å². The molecule has 6 nitrogen and oxygen atoms in total. The second-order valence-electron chi connectivity index (χ2n) is 9.99. The number of nitrogens with one attached hydrogen (secondary N) is 1. The highest BCUT2D eigenvalue weighted by atomic mass is 19.1. The third-order valence-electron chi connectivity index (χ3n) is 6.99. The number of nitrogen functional groups attached to an aromatic ring is 1. The standard InChI is InChI=1S/C31H37FN6.C2H6/c1-7-8-15-38-21(3)30(31(36-38)24-10-12-28(32)29(33)19-24)20(2)13-14-34-22(4)35-26-11-9-23-17-27(37(5)6)18-25(23)16-26;1-2/h8-16,19,27,35H,4,7,17-18,33H2,1-3,5-6H3;1-2H3/b15-8-,20-13+,34-14-;. The summed E-state index contributed by atoms with van der Waals surface area (Å²) in [6.07, 6.45) is 10.7. The molecule has 1 aliphatic rings. The van der Waals surface area contributed by atoms with Gasteiger partial charge in [-0.1, -0.05) is 39.5 Å². The van der Waals surface area contributed by atoms with Gasteiger partial charge in [-0.25, -0.2) is 14.1 Å². The van der Waals surface area contributed by atoms with Gasteiger partial charge in [0.1, 0.15) is 17.3 Å². The third-order valence-corrected chi connectivity index (χ3v) is 6.99. The van der Waals surface area contributed by atoms with E-state index in [1.807, 2.05) is 50.7 Å². The number of likely N-dealkylation sites (N-methyl/N-ethyl adjacent to an activating group) is 1. The zero-order chi connectivity index (χ0) is 29.4. The largest absolute Gasteiger partial charge is 0.396 e. The van der Waals surface area contributed by atoms with Crippen molar-refractivity contribution in [2.75, 3.05) is 25.1 Å². The van der Waals surface area contributed by atoms with E-state index in [4.69, 9.17) is 10.8 Å². The number of fused-ring (bicyclic) bond motifs is 1.